The third-order valence-corrected chi connectivity index (χ3v) is 4.41. The zero-order valence-corrected chi connectivity index (χ0v) is 11.8. The van der Waals surface area contributed by atoms with Crippen LogP contribution < -0.4 is 10.5 Å². The van der Waals surface area contributed by atoms with Crippen LogP contribution in [0, 0.1) is 0 Å². The number of nitrogens with two attached hydrogens (primary N) is 1. The fourth-order valence-corrected chi connectivity index (χ4v) is 3.31. The Labute approximate surface area is 117 Å². The Hall–Kier alpha value is -1.33. The molecule has 4 nitrogen and oxygen atoms in total. The van der Waals surface area contributed by atoms with Crippen LogP contribution in [0.5, 0.6) is 5.19 Å². The van der Waals surface area contributed by atoms with Gasteiger partial charge in [-0.15, -0.1) is 0 Å². The van der Waals surface area contributed by atoms with E-state index in [1.165, 1.54) is 32.4 Å². The van der Waals surface area contributed by atoms with Crippen molar-refractivity contribution in [2.45, 2.75) is 19.3 Å². The van der Waals surface area contributed by atoms with Gasteiger partial charge in [0.15, 0.2) is 0 Å². The van der Waals surface area contributed by atoms with Crippen LogP contribution in [0.2, 0.25) is 0 Å². The number of anilines is 1. The van der Waals surface area contributed by atoms with Crippen LogP contribution in [-0.2, 0) is 0 Å². The fourth-order valence-electron chi connectivity index (χ4n) is 2.43. The van der Waals surface area contributed by atoms with Crippen LogP contribution in [0.3, 0.4) is 0 Å². The molecule has 0 aliphatic carbocycles. The summed E-state index contributed by atoms with van der Waals surface area (Å²) in [6.07, 6.45) is 4.01. The standard InChI is InChI=1S/C14H19N3OS/c15-11-4-5-12-13(10-11)19-14(16-12)18-9-8-17-6-2-1-3-7-17/h4-5,10H,1-3,6-9,15H2. The van der Waals surface area contributed by atoms with Gasteiger partial charge in [0.05, 0.1) is 10.2 Å². The fraction of sp³-hybridized carbons (Fsp3) is 0.500. The van der Waals surface area contributed by atoms with Crippen molar-refractivity contribution in [3.63, 3.8) is 0 Å². The van der Waals surface area contributed by atoms with Gasteiger partial charge in [0.2, 0.25) is 0 Å². The Morgan fingerprint density at radius 3 is 2.95 bits per heavy atom. The number of likely N-dealkylation sites (tertiary alicyclic amines) is 1. The molecule has 2 aromatic rings. The number of fused-ring (bicyclic) bond motifs is 1. The summed E-state index contributed by atoms with van der Waals surface area (Å²) in [6, 6.07) is 5.77. The predicted molar refractivity (Wildman–Crippen MR) is 79.8 cm³/mol. The molecule has 0 bridgehead atoms. The number of nitrogens with zero attached hydrogens (tertiary/aromatic N) is 2. The van der Waals surface area contributed by atoms with Crippen LogP contribution in [-0.4, -0.2) is 36.1 Å². The number of rotatable bonds is 4. The molecule has 5 heteroatoms. The molecule has 0 atom stereocenters. The lowest BCUT2D eigenvalue weighted by Crippen LogP contribution is -2.33. The van der Waals surface area contributed by atoms with Crippen molar-refractivity contribution in [1.82, 2.24) is 9.88 Å². The molecule has 1 fully saturated rings. The zero-order valence-electron chi connectivity index (χ0n) is 11.0. The quantitative estimate of drug-likeness (QED) is 0.873. The van der Waals surface area contributed by atoms with Gasteiger partial charge in [0.25, 0.3) is 5.19 Å². The lowest BCUT2D eigenvalue weighted by Gasteiger charge is -2.25. The first-order chi connectivity index (χ1) is 9.31. The van der Waals surface area contributed by atoms with Gasteiger partial charge in [-0.3, -0.25) is 4.90 Å². The van der Waals surface area contributed by atoms with E-state index in [0.29, 0.717) is 0 Å². The molecule has 1 aromatic heterocycles. The van der Waals surface area contributed by atoms with E-state index in [0.717, 1.165) is 34.2 Å². The highest BCUT2D eigenvalue weighted by atomic mass is 32.1. The van der Waals surface area contributed by atoms with E-state index in [1.807, 2.05) is 18.2 Å². The molecular weight excluding hydrogens is 258 g/mol. The first kappa shape index (κ1) is 12.7. The van der Waals surface area contributed by atoms with Gasteiger partial charge in [-0.1, -0.05) is 17.8 Å². The summed E-state index contributed by atoms with van der Waals surface area (Å²) in [5, 5.41) is 0.748. The summed E-state index contributed by atoms with van der Waals surface area (Å²) in [4.78, 5) is 6.93. The van der Waals surface area contributed by atoms with Crippen molar-refractivity contribution >= 4 is 27.2 Å². The topological polar surface area (TPSA) is 51.4 Å². The molecular formula is C14H19N3OS. The van der Waals surface area contributed by atoms with E-state index in [1.54, 1.807) is 11.3 Å². The number of benzene rings is 1. The maximum Gasteiger partial charge on any atom is 0.274 e. The van der Waals surface area contributed by atoms with Gasteiger partial charge >= 0.3 is 0 Å². The van der Waals surface area contributed by atoms with Gasteiger partial charge in [-0.2, -0.15) is 0 Å². The van der Waals surface area contributed by atoms with Crippen LogP contribution >= 0.6 is 11.3 Å². The molecule has 1 aliphatic heterocycles. The minimum absolute atomic E-state index is 0.718. The second kappa shape index (κ2) is 5.75. The minimum Gasteiger partial charge on any atom is -0.469 e. The van der Waals surface area contributed by atoms with Gasteiger partial charge in [0, 0.05) is 12.2 Å². The third kappa shape index (κ3) is 3.16. The number of hydrogen-bond acceptors (Lipinski definition) is 5. The monoisotopic (exact) mass is 277 g/mol. The third-order valence-electron chi connectivity index (χ3n) is 3.47. The van der Waals surface area contributed by atoms with E-state index in [4.69, 9.17) is 10.5 Å². The van der Waals surface area contributed by atoms with Gasteiger partial charge in [-0.25, -0.2) is 4.98 Å². The number of thiazole rings is 1. The summed E-state index contributed by atoms with van der Waals surface area (Å²) in [7, 11) is 0. The molecule has 2 heterocycles. The molecule has 0 unspecified atom stereocenters. The molecule has 19 heavy (non-hydrogen) atoms. The summed E-state index contributed by atoms with van der Waals surface area (Å²) >= 11 is 1.57. The minimum atomic E-state index is 0.718. The number of ether oxygens (including phenoxy) is 1. The maximum absolute atomic E-state index is 5.76. The smallest absolute Gasteiger partial charge is 0.274 e. The number of nitrogen functional groups attached to an aromatic ring is 1. The Balaban J connectivity index is 1.56. The van der Waals surface area contributed by atoms with Gasteiger partial charge in [-0.05, 0) is 44.1 Å². The van der Waals surface area contributed by atoms with Crippen molar-refractivity contribution in [2.75, 3.05) is 32.0 Å². The number of piperidine rings is 1. The second-order valence-corrected chi connectivity index (χ2v) is 5.95. The predicted octanol–water partition coefficient (Wildman–Crippen LogP) is 2.74. The molecule has 102 valence electrons. The van der Waals surface area contributed by atoms with E-state index >= 15 is 0 Å². The summed E-state index contributed by atoms with van der Waals surface area (Å²) < 4.78 is 6.85. The lowest BCUT2D eigenvalue weighted by molar-refractivity contribution is 0.183. The highest BCUT2D eigenvalue weighted by Crippen LogP contribution is 2.29. The molecule has 0 saturated carbocycles. The van der Waals surface area contributed by atoms with Crippen LogP contribution in [0.4, 0.5) is 5.69 Å². The zero-order chi connectivity index (χ0) is 13.1. The normalized spacial score (nSPS) is 16.8. The lowest BCUT2D eigenvalue weighted by atomic mass is 10.1. The van der Waals surface area contributed by atoms with Crippen molar-refractivity contribution in [2.24, 2.45) is 0 Å². The van der Waals surface area contributed by atoms with E-state index in [2.05, 4.69) is 9.88 Å². The maximum atomic E-state index is 5.76. The van der Waals surface area contributed by atoms with Crippen LogP contribution in [0.15, 0.2) is 18.2 Å². The second-order valence-electron chi connectivity index (χ2n) is 4.96. The molecule has 1 saturated heterocycles. The van der Waals surface area contributed by atoms with E-state index in [-0.39, 0.29) is 0 Å². The summed E-state index contributed by atoms with van der Waals surface area (Å²) in [5.74, 6) is 0. The van der Waals surface area contributed by atoms with E-state index < -0.39 is 0 Å². The molecule has 1 aromatic carbocycles. The van der Waals surface area contributed by atoms with Crippen LogP contribution in [0.1, 0.15) is 19.3 Å². The molecule has 0 spiro atoms. The first-order valence-electron chi connectivity index (χ1n) is 6.82. The Bertz CT molecular complexity index is 549. The highest BCUT2D eigenvalue weighted by Gasteiger charge is 2.10. The largest absolute Gasteiger partial charge is 0.469 e. The molecule has 2 N–H and O–H groups in total. The SMILES string of the molecule is Nc1ccc2nc(OCCN3CCCCC3)sc2c1. The van der Waals surface area contributed by atoms with Crippen molar-refractivity contribution in [1.29, 1.82) is 0 Å². The average Bonchev–Trinajstić information content (AvgIpc) is 2.82. The Morgan fingerprint density at radius 2 is 2.11 bits per heavy atom. The number of hydrogen-bond donors (Lipinski definition) is 1. The highest BCUT2D eigenvalue weighted by molar-refractivity contribution is 7.20. The number of aromatic nitrogens is 1. The van der Waals surface area contributed by atoms with Crippen molar-refractivity contribution in [3.8, 4) is 5.19 Å². The average molecular weight is 277 g/mol. The molecule has 0 radical (unpaired) electrons. The summed E-state index contributed by atoms with van der Waals surface area (Å²) in [6.45, 7) is 4.13. The molecule has 3 rings (SSSR count). The Kier molecular flexibility index (Phi) is 3.84. The van der Waals surface area contributed by atoms with Gasteiger partial charge in [0.1, 0.15) is 6.61 Å². The molecule has 0 amide bonds. The first-order valence-corrected chi connectivity index (χ1v) is 7.64. The van der Waals surface area contributed by atoms with Gasteiger partial charge < -0.3 is 10.5 Å². The van der Waals surface area contributed by atoms with E-state index in [9.17, 15) is 0 Å². The molecule has 1 aliphatic rings. The van der Waals surface area contributed by atoms with Crippen LogP contribution in [0.25, 0.3) is 10.2 Å². The van der Waals surface area contributed by atoms with Crippen molar-refractivity contribution < 1.29 is 4.74 Å². The summed E-state index contributed by atoms with van der Waals surface area (Å²) in [5.41, 5.74) is 7.50. The Morgan fingerprint density at radius 1 is 1.26 bits per heavy atom. The van der Waals surface area contributed by atoms with Crippen molar-refractivity contribution in [3.05, 3.63) is 18.2 Å².